The molecular formula is C13H16O2S. The van der Waals surface area contributed by atoms with Gasteiger partial charge >= 0.3 is 0 Å². The zero-order valence-electron chi connectivity index (χ0n) is 10.3. The molecule has 1 aromatic rings. The maximum Gasteiger partial charge on any atom is 0.122 e. The molecular weight excluding hydrogens is 220 g/mol. The lowest BCUT2D eigenvalue weighted by atomic mass is 9.95. The highest BCUT2D eigenvalue weighted by Crippen LogP contribution is 2.44. The SMILES string of the molecule is CC1=C(C)S(=O)c2c(C)c(C)c(O)c(C)c21. The van der Waals surface area contributed by atoms with Crippen LogP contribution in [0.25, 0.3) is 5.57 Å². The number of phenolic OH excluding ortho intramolecular Hbond substituents is 1. The molecule has 0 radical (unpaired) electrons. The van der Waals surface area contributed by atoms with Crippen LogP contribution in [0.2, 0.25) is 0 Å². The lowest BCUT2D eigenvalue weighted by molar-refractivity contribution is 0.465. The largest absolute Gasteiger partial charge is 0.507 e. The summed E-state index contributed by atoms with van der Waals surface area (Å²) in [5.41, 5.74) is 4.67. The molecule has 1 aliphatic heterocycles. The Hall–Kier alpha value is -1.09. The van der Waals surface area contributed by atoms with Gasteiger partial charge in [-0.3, -0.25) is 0 Å². The van der Waals surface area contributed by atoms with Gasteiger partial charge in [0.15, 0.2) is 0 Å². The van der Waals surface area contributed by atoms with Crippen molar-refractivity contribution in [1.82, 2.24) is 0 Å². The minimum Gasteiger partial charge on any atom is -0.507 e. The second-order valence-corrected chi connectivity index (χ2v) is 5.94. The van der Waals surface area contributed by atoms with E-state index in [-0.39, 0.29) is 0 Å². The lowest BCUT2D eigenvalue weighted by Gasteiger charge is -2.14. The van der Waals surface area contributed by atoms with Gasteiger partial charge in [0, 0.05) is 10.5 Å². The number of phenols is 1. The van der Waals surface area contributed by atoms with Crippen molar-refractivity contribution >= 4 is 16.4 Å². The Morgan fingerprint density at radius 2 is 1.50 bits per heavy atom. The molecule has 3 heteroatoms. The number of rotatable bonds is 0. The highest BCUT2D eigenvalue weighted by Gasteiger charge is 2.29. The van der Waals surface area contributed by atoms with E-state index in [1.165, 1.54) is 0 Å². The number of hydrogen-bond acceptors (Lipinski definition) is 2. The fourth-order valence-corrected chi connectivity index (χ4v) is 3.87. The molecule has 86 valence electrons. The van der Waals surface area contributed by atoms with Crippen molar-refractivity contribution in [2.24, 2.45) is 0 Å². The van der Waals surface area contributed by atoms with Crippen molar-refractivity contribution in [1.29, 1.82) is 0 Å². The van der Waals surface area contributed by atoms with Crippen molar-refractivity contribution in [3.63, 3.8) is 0 Å². The van der Waals surface area contributed by atoms with Gasteiger partial charge in [-0.15, -0.1) is 0 Å². The Labute approximate surface area is 98.5 Å². The first-order chi connectivity index (χ1) is 7.37. The second-order valence-electron chi connectivity index (χ2n) is 4.38. The fraction of sp³-hybridized carbons (Fsp3) is 0.385. The van der Waals surface area contributed by atoms with Gasteiger partial charge in [-0.05, 0) is 56.9 Å². The first kappa shape index (κ1) is 11.4. The Kier molecular flexibility index (Phi) is 2.46. The summed E-state index contributed by atoms with van der Waals surface area (Å²) in [6, 6.07) is 0. The average Bonchev–Trinajstić information content (AvgIpc) is 2.48. The third-order valence-corrected chi connectivity index (χ3v) is 5.33. The van der Waals surface area contributed by atoms with Crippen LogP contribution < -0.4 is 0 Å². The van der Waals surface area contributed by atoms with Crippen LogP contribution in [0, 0.1) is 20.8 Å². The van der Waals surface area contributed by atoms with E-state index >= 15 is 0 Å². The van der Waals surface area contributed by atoms with E-state index in [2.05, 4.69) is 0 Å². The van der Waals surface area contributed by atoms with Crippen LogP contribution in [0.4, 0.5) is 0 Å². The van der Waals surface area contributed by atoms with Crippen molar-refractivity contribution in [3.05, 3.63) is 27.2 Å². The maximum absolute atomic E-state index is 12.2. The van der Waals surface area contributed by atoms with Crippen LogP contribution in [0.15, 0.2) is 9.80 Å². The number of fused-ring (bicyclic) bond motifs is 1. The standard InChI is InChI=1S/C13H16O2S/c1-6-7(2)13-11(9(4)12(6)14)8(3)10(5)16(13)15/h14H,1-5H3. The summed E-state index contributed by atoms with van der Waals surface area (Å²) < 4.78 is 12.2. The normalized spacial score (nSPS) is 19.2. The summed E-state index contributed by atoms with van der Waals surface area (Å²) in [5.74, 6) is 0.335. The number of benzene rings is 1. The third-order valence-electron chi connectivity index (χ3n) is 3.58. The van der Waals surface area contributed by atoms with Crippen molar-refractivity contribution in [2.45, 2.75) is 39.5 Å². The molecule has 0 spiro atoms. The quantitative estimate of drug-likeness (QED) is 0.751. The van der Waals surface area contributed by atoms with Crippen LogP contribution in [0.1, 0.15) is 36.1 Å². The van der Waals surface area contributed by atoms with E-state index in [9.17, 15) is 9.32 Å². The third kappa shape index (κ3) is 1.21. The summed E-state index contributed by atoms with van der Waals surface area (Å²) >= 11 is 0. The van der Waals surface area contributed by atoms with Crippen molar-refractivity contribution in [3.8, 4) is 5.75 Å². The molecule has 1 heterocycles. The summed E-state index contributed by atoms with van der Waals surface area (Å²) in [7, 11) is -1.04. The molecule has 0 aromatic heterocycles. The lowest BCUT2D eigenvalue weighted by Crippen LogP contribution is -1.98. The van der Waals surface area contributed by atoms with Gasteiger partial charge in [-0.25, -0.2) is 4.21 Å². The van der Waals surface area contributed by atoms with E-state index in [1.807, 2.05) is 34.6 Å². The molecule has 1 unspecified atom stereocenters. The summed E-state index contributed by atoms with van der Waals surface area (Å²) in [6.45, 7) is 9.56. The van der Waals surface area contributed by atoms with Gasteiger partial charge in [0.05, 0.1) is 15.7 Å². The van der Waals surface area contributed by atoms with Crippen molar-refractivity contribution < 1.29 is 9.32 Å². The summed E-state index contributed by atoms with van der Waals surface area (Å²) in [4.78, 5) is 1.80. The highest BCUT2D eigenvalue weighted by atomic mass is 32.2. The fourth-order valence-electron chi connectivity index (χ4n) is 2.26. The molecule has 0 amide bonds. The van der Waals surface area contributed by atoms with E-state index < -0.39 is 10.8 Å². The second kappa shape index (κ2) is 3.45. The molecule has 2 nitrogen and oxygen atoms in total. The molecule has 16 heavy (non-hydrogen) atoms. The van der Waals surface area contributed by atoms with Gasteiger partial charge in [0.25, 0.3) is 0 Å². The minimum atomic E-state index is -1.04. The number of allylic oxidation sites excluding steroid dienone is 2. The molecule has 0 saturated heterocycles. The zero-order valence-corrected chi connectivity index (χ0v) is 11.1. The van der Waals surface area contributed by atoms with Gasteiger partial charge in [0.2, 0.25) is 0 Å². The van der Waals surface area contributed by atoms with Crippen molar-refractivity contribution in [2.75, 3.05) is 0 Å². The van der Waals surface area contributed by atoms with Crippen LogP contribution in [0.3, 0.4) is 0 Å². The van der Waals surface area contributed by atoms with Crippen LogP contribution in [-0.4, -0.2) is 9.32 Å². The summed E-state index contributed by atoms with van der Waals surface area (Å²) in [5, 5.41) is 10.0. The smallest absolute Gasteiger partial charge is 0.122 e. The van der Waals surface area contributed by atoms with E-state index in [1.54, 1.807) is 0 Å². The van der Waals surface area contributed by atoms with E-state index in [0.717, 1.165) is 37.6 Å². The Morgan fingerprint density at radius 3 is 2.06 bits per heavy atom. The van der Waals surface area contributed by atoms with E-state index in [0.29, 0.717) is 5.75 Å². The average molecular weight is 236 g/mol. The van der Waals surface area contributed by atoms with Crippen LogP contribution in [-0.2, 0) is 10.8 Å². The number of hydrogen-bond donors (Lipinski definition) is 1. The molecule has 0 aliphatic carbocycles. The first-order valence-electron chi connectivity index (χ1n) is 5.30. The monoisotopic (exact) mass is 236 g/mol. The Bertz CT molecular complexity index is 554. The number of aromatic hydroxyl groups is 1. The zero-order chi connectivity index (χ0) is 12.2. The Balaban J connectivity index is 2.94. The predicted octanol–water partition coefficient (Wildman–Crippen LogP) is 3.19. The molecule has 1 N–H and O–H groups in total. The topological polar surface area (TPSA) is 37.3 Å². The first-order valence-corrected chi connectivity index (χ1v) is 6.45. The maximum atomic E-state index is 12.2. The molecule has 0 bridgehead atoms. The van der Waals surface area contributed by atoms with Gasteiger partial charge in [0.1, 0.15) is 5.75 Å². The minimum absolute atomic E-state index is 0.335. The van der Waals surface area contributed by atoms with Gasteiger partial charge < -0.3 is 5.11 Å². The predicted molar refractivity (Wildman–Crippen MR) is 67.0 cm³/mol. The van der Waals surface area contributed by atoms with Gasteiger partial charge in [-0.2, -0.15) is 0 Å². The molecule has 1 atom stereocenters. The summed E-state index contributed by atoms with van der Waals surface area (Å²) in [6.07, 6.45) is 0. The Morgan fingerprint density at radius 1 is 0.938 bits per heavy atom. The molecule has 0 saturated carbocycles. The van der Waals surface area contributed by atoms with Crippen LogP contribution >= 0.6 is 0 Å². The van der Waals surface area contributed by atoms with E-state index in [4.69, 9.17) is 0 Å². The highest BCUT2D eigenvalue weighted by molar-refractivity contribution is 7.89. The molecule has 1 aliphatic rings. The molecule has 1 aromatic carbocycles. The molecule has 2 rings (SSSR count). The van der Waals surface area contributed by atoms with Gasteiger partial charge in [-0.1, -0.05) is 0 Å². The molecule has 0 fully saturated rings. The van der Waals surface area contributed by atoms with Crippen LogP contribution in [0.5, 0.6) is 5.75 Å².